The van der Waals surface area contributed by atoms with Crippen molar-refractivity contribution in [3.8, 4) is 5.75 Å². The maximum Gasteiger partial charge on any atom is 0.335 e. The topological polar surface area (TPSA) is 119 Å². The number of aromatic hydroxyl groups is 1. The molecule has 7 heteroatoms. The van der Waals surface area contributed by atoms with Gasteiger partial charge in [0.25, 0.3) is 0 Å². The molecule has 2 rings (SSSR count). The number of phenolic OH excluding ortho intramolecular Hbond substituents is 1. The van der Waals surface area contributed by atoms with Crippen molar-refractivity contribution in [1.29, 1.82) is 5.41 Å². The molecule has 0 unspecified atom stereocenters. The SMILES string of the molecule is Cl.N=C(N)Nc1ccc(C(=O)O)c(CCc2ccccc2O)c1. The molecule has 122 valence electrons. The Bertz CT molecular complexity index is 719. The van der Waals surface area contributed by atoms with Crippen LogP contribution in [0.15, 0.2) is 42.5 Å². The lowest BCUT2D eigenvalue weighted by atomic mass is 9.98. The van der Waals surface area contributed by atoms with Crippen LogP contribution in [-0.2, 0) is 12.8 Å². The second-order valence-electron chi connectivity index (χ2n) is 4.84. The van der Waals surface area contributed by atoms with Gasteiger partial charge in [-0.05, 0) is 48.2 Å². The third-order valence-corrected chi connectivity index (χ3v) is 3.27. The number of nitrogens with two attached hydrogens (primary N) is 1. The fraction of sp³-hybridized carbons (Fsp3) is 0.125. The normalized spacial score (nSPS) is 9.74. The van der Waals surface area contributed by atoms with Crippen LogP contribution >= 0.6 is 12.4 Å². The third kappa shape index (κ3) is 4.89. The van der Waals surface area contributed by atoms with Gasteiger partial charge in [-0.15, -0.1) is 12.4 Å². The van der Waals surface area contributed by atoms with Crippen LogP contribution in [-0.4, -0.2) is 22.1 Å². The molecule has 0 heterocycles. The predicted octanol–water partition coefficient (Wildman–Crippen LogP) is 2.60. The van der Waals surface area contributed by atoms with E-state index in [0.717, 1.165) is 5.56 Å². The number of hydrogen-bond acceptors (Lipinski definition) is 3. The minimum absolute atomic E-state index is 0. The molecule has 2 aromatic carbocycles. The molecule has 0 radical (unpaired) electrons. The van der Waals surface area contributed by atoms with E-state index in [-0.39, 0.29) is 29.7 Å². The number of rotatable bonds is 5. The van der Waals surface area contributed by atoms with E-state index in [2.05, 4.69) is 5.32 Å². The smallest absolute Gasteiger partial charge is 0.335 e. The number of hydrogen-bond donors (Lipinski definition) is 5. The summed E-state index contributed by atoms with van der Waals surface area (Å²) in [6.07, 6.45) is 0.961. The number of aryl methyl sites for hydroxylation is 2. The Morgan fingerprint density at radius 3 is 2.39 bits per heavy atom. The lowest BCUT2D eigenvalue weighted by Gasteiger charge is -2.11. The van der Waals surface area contributed by atoms with E-state index in [4.69, 9.17) is 11.1 Å². The Hall–Kier alpha value is -2.73. The number of halogens is 1. The molecule has 0 bridgehead atoms. The number of phenols is 1. The second-order valence-corrected chi connectivity index (χ2v) is 4.84. The van der Waals surface area contributed by atoms with Crippen LogP contribution in [0, 0.1) is 5.41 Å². The summed E-state index contributed by atoms with van der Waals surface area (Å²) in [5.74, 6) is -1.03. The summed E-state index contributed by atoms with van der Waals surface area (Å²) in [7, 11) is 0. The fourth-order valence-electron chi connectivity index (χ4n) is 2.23. The molecule has 0 saturated heterocycles. The highest BCUT2D eigenvalue weighted by molar-refractivity contribution is 5.93. The molecule has 0 aliphatic rings. The minimum Gasteiger partial charge on any atom is -0.508 e. The molecule has 2 aromatic rings. The summed E-state index contributed by atoms with van der Waals surface area (Å²) in [5, 5.41) is 28.9. The Kier molecular flexibility index (Phi) is 6.41. The fourth-order valence-corrected chi connectivity index (χ4v) is 2.23. The number of guanidine groups is 1. The summed E-state index contributed by atoms with van der Waals surface area (Å²) >= 11 is 0. The van der Waals surface area contributed by atoms with E-state index in [1.807, 2.05) is 6.07 Å². The van der Waals surface area contributed by atoms with E-state index < -0.39 is 5.97 Å². The van der Waals surface area contributed by atoms with Crippen molar-refractivity contribution < 1.29 is 15.0 Å². The number of benzene rings is 2. The average molecular weight is 336 g/mol. The van der Waals surface area contributed by atoms with Gasteiger partial charge in [-0.2, -0.15) is 0 Å². The summed E-state index contributed by atoms with van der Waals surface area (Å²) in [5.41, 5.74) is 7.41. The summed E-state index contributed by atoms with van der Waals surface area (Å²) in [4.78, 5) is 11.3. The van der Waals surface area contributed by atoms with Crippen LogP contribution in [0.4, 0.5) is 5.69 Å². The molecule has 23 heavy (non-hydrogen) atoms. The van der Waals surface area contributed by atoms with E-state index in [1.165, 1.54) is 6.07 Å². The highest BCUT2D eigenvalue weighted by Crippen LogP contribution is 2.21. The Balaban J connectivity index is 0.00000264. The molecule has 0 aromatic heterocycles. The van der Waals surface area contributed by atoms with Gasteiger partial charge in [-0.1, -0.05) is 18.2 Å². The van der Waals surface area contributed by atoms with Gasteiger partial charge < -0.3 is 21.3 Å². The number of carbonyl (C=O) groups is 1. The van der Waals surface area contributed by atoms with Crippen LogP contribution in [0.5, 0.6) is 5.75 Å². The van der Waals surface area contributed by atoms with Crippen molar-refractivity contribution in [2.24, 2.45) is 5.73 Å². The standard InChI is InChI=1S/C16H17N3O3.ClH/c17-16(18)19-12-7-8-13(15(21)22)11(9-12)6-5-10-3-1-2-4-14(10)20;/h1-4,7-9,20H,5-6H2,(H,21,22)(H4,17,18,19);1H. The highest BCUT2D eigenvalue weighted by atomic mass is 35.5. The average Bonchev–Trinajstić information content (AvgIpc) is 2.45. The number of nitrogens with one attached hydrogen (secondary N) is 2. The first-order valence-corrected chi connectivity index (χ1v) is 6.71. The van der Waals surface area contributed by atoms with Crippen molar-refractivity contribution >= 4 is 30.0 Å². The number of anilines is 1. The van der Waals surface area contributed by atoms with Crippen LogP contribution in [0.2, 0.25) is 0 Å². The predicted molar refractivity (Wildman–Crippen MR) is 91.7 cm³/mol. The van der Waals surface area contributed by atoms with Crippen LogP contribution < -0.4 is 11.1 Å². The summed E-state index contributed by atoms with van der Waals surface area (Å²) in [6.45, 7) is 0. The Morgan fingerprint density at radius 1 is 1.13 bits per heavy atom. The second kappa shape index (κ2) is 8.05. The van der Waals surface area contributed by atoms with E-state index in [0.29, 0.717) is 24.1 Å². The van der Waals surface area contributed by atoms with E-state index in [9.17, 15) is 15.0 Å². The minimum atomic E-state index is -1.01. The number of para-hydroxylation sites is 1. The molecule has 6 N–H and O–H groups in total. The van der Waals surface area contributed by atoms with Gasteiger partial charge in [0.05, 0.1) is 5.56 Å². The zero-order valence-electron chi connectivity index (χ0n) is 12.2. The van der Waals surface area contributed by atoms with Crippen molar-refractivity contribution in [2.75, 3.05) is 5.32 Å². The molecule has 0 aliphatic carbocycles. The largest absolute Gasteiger partial charge is 0.508 e. The molecule has 0 fully saturated rings. The maximum atomic E-state index is 11.3. The maximum absolute atomic E-state index is 11.3. The lowest BCUT2D eigenvalue weighted by Crippen LogP contribution is -2.20. The van der Waals surface area contributed by atoms with Crippen LogP contribution in [0.3, 0.4) is 0 Å². The number of carboxylic acids is 1. The number of carboxylic acid groups (broad SMARTS) is 1. The molecular formula is C16H18ClN3O3. The van der Waals surface area contributed by atoms with E-state index >= 15 is 0 Å². The van der Waals surface area contributed by atoms with Gasteiger partial charge in [-0.25, -0.2) is 4.79 Å². The van der Waals surface area contributed by atoms with Gasteiger partial charge in [0.15, 0.2) is 5.96 Å². The zero-order chi connectivity index (χ0) is 16.1. The Labute approximate surface area is 139 Å². The van der Waals surface area contributed by atoms with Crippen LogP contribution in [0.25, 0.3) is 0 Å². The quantitative estimate of drug-likeness (QED) is 0.425. The first kappa shape index (κ1) is 18.3. The molecule has 0 aliphatic heterocycles. The van der Waals surface area contributed by atoms with Crippen LogP contribution in [0.1, 0.15) is 21.5 Å². The van der Waals surface area contributed by atoms with Crippen molar-refractivity contribution in [2.45, 2.75) is 12.8 Å². The third-order valence-electron chi connectivity index (χ3n) is 3.27. The lowest BCUT2D eigenvalue weighted by molar-refractivity contribution is 0.0695. The first-order valence-electron chi connectivity index (χ1n) is 6.71. The van der Waals surface area contributed by atoms with Crippen molar-refractivity contribution in [3.63, 3.8) is 0 Å². The monoisotopic (exact) mass is 335 g/mol. The van der Waals surface area contributed by atoms with Gasteiger partial charge in [-0.3, -0.25) is 5.41 Å². The van der Waals surface area contributed by atoms with Gasteiger partial charge in [0, 0.05) is 5.69 Å². The highest BCUT2D eigenvalue weighted by Gasteiger charge is 2.12. The number of aromatic carboxylic acids is 1. The van der Waals surface area contributed by atoms with Gasteiger partial charge in [0.1, 0.15) is 5.75 Å². The van der Waals surface area contributed by atoms with Crippen molar-refractivity contribution in [1.82, 2.24) is 0 Å². The Morgan fingerprint density at radius 2 is 1.78 bits per heavy atom. The molecule has 0 atom stereocenters. The molecule has 0 saturated carbocycles. The first-order chi connectivity index (χ1) is 10.5. The summed E-state index contributed by atoms with van der Waals surface area (Å²) in [6, 6.07) is 11.7. The molecular weight excluding hydrogens is 318 g/mol. The van der Waals surface area contributed by atoms with Crippen molar-refractivity contribution in [3.05, 3.63) is 59.2 Å². The summed E-state index contributed by atoms with van der Waals surface area (Å²) < 4.78 is 0. The molecule has 0 amide bonds. The van der Waals surface area contributed by atoms with Gasteiger partial charge in [0.2, 0.25) is 0 Å². The molecule has 0 spiro atoms. The van der Waals surface area contributed by atoms with Gasteiger partial charge >= 0.3 is 5.97 Å². The molecule has 6 nitrogen and oxygen atoms in total. The zero-order valence-corrected chi connectivity index (χ0v) is 13.1. The van der Waals surface area contributed by atoms with E-state index in [1.54, 1.807) is 30.3 Å².